The molecule has 0 fully saturated rings. The maximum Gasteiger partial charge on any atom is 0.330 e. The highest BCUT2D eigenvalue weighted by molar-refractivity contribution is 5.86. The summed E-state index contributed by atoms with van der Waals surface area (Å²) in [6.45, 7) is 0. The Morgan fingerprint density at radius 3 is 2.04 bits per heavy atom. The minimum Gasteiger partial charge on any atom is -0.466 e. The first-order valence-electron chi connectivity index (χ1n) is 7.09. The van der Waals surface area contributed by atoms with Crippen molar-refractivity contribution in [2.75, 3.05) is 7.11 Å². The Balaban J connectivity index is 0.00000156. The van der Waals surface area contributed by atoms with Gasteiger partial charge in [-0.05, 0) is 17.2 Å². The van der Waals surface area contributed by atoms with Gasteiger partial charge >= 0.3 is 5.97 Å². The fourth-order valence-corrected chi connectivity index (χ4v) is 2.34. The zero-order valence-electron chi connectivity index (χ0n) is 13.4. The number of methoxy groups -OCH3 is 1. The standard InChI is InChI=1S/C17H16N4O2.2ClH/c1-23-16(22)7-4-14-2-5-15(6-3-14)17(20-10-8-18-12-20)21-11-9-19-13-21;;/h2-13,17H,1H3;2*1H/b7-4+;;. The molecule has 0 aliphatic heterocycles. The summed E-state index contributed by atoms with van der Waals surface area (Å²) in [6, 6.07) is 7.94. The van der Waals surface area contributed by atoms with Crippen LogP contribution in [0.25, 0.3) is 6.08 Å². The van der Waals surface area contributed by atoms with Crippen LogP contribution in [0.1, 0.15) is 17.3 Å². The van der Waals surface area contributed by atoms with E-state index >= 15 is 0 Å². The Morgan fingerprint density at radius 1 is 1.04 bits per heavy atom. The van der Waals surface area contributed by atoms with Crippen molar-refractivity contribution in [3.63, 3.8) is 0 Å². The number of aromatic nitrogens is 4. The lowest BCUT2D eigenvalue weighted by Gasteiger charge is -2.20. The number of esters is 1. The van der Waals surface area contributed by atoms with Gasteiger partial charge in [0.25, 0.3) is 0 Å². The molecule has 25 heavy (non-hydrogen) atoms. The number of benzene rings is 1. The van der Waals surface area contributed by atoms with Crippen molar-refractivity contribution in [3.05, 3.63) is 78.9 Å². The minimum atomic E-state index is -0.371. The van der Waals surface area contributed by atoms with E-state index in [1.807, 2.05) is 45.8 Å². The largest absolute Gasteiger partial charge is 0.466 e. The van der Waals surface area contributed by atoms with Crippen LogP contribution in [0.2, 0.25) is 0 Å². The maximum absolute atomic E-state index is 11.1. The van der Waals surface area contributed by atoms with E-state index < -0.39 is 0 Å². The van der Waals surface area contributed by atoms with Gasteiger partial charge in [-0.25, -0.2) is 14.8 Å². The Kier molecular flexibility index (Phi) is 7.91. The monoisotopic (exact) mass is 380 g/mol. The molecule has 2 heterocycles. The van der Waals surface area contributed by atoms with Gasteiger partial charge in [-0.2, -0.15) is 0 Å². The van der Waals surface area contributed by atoms with E-state index in [0.717, 1.165) is 11.1 Å². The van der Waals surface area contributed by atoms with Gasteiger partial charge in [-0.15, -0.1) is 24.8 Å². The number of imidazole rings is 2. The van der Waals surface area contributed by atoms with Crippen molar-refractivity contribution in [1.82, 2.24) is 19.1 Å². The summed E-state index contributed by atoms with van der Waals surface area (Å²) in [5.74, 6) is -0.371. The molecule has 8 heteroatoms. The molecule has 0 bridgehead atoms. The molecule has 0 atom stereocenters. The van der Waals surface area contributed by atoms with Gasteiger partial charge in [-0.3, -0.25) is 0 Å². The first kappa shape index (κ1) is 20.5. The van der Waals surface area contributed by atoms with E-state index in [2.05, 4.69) is 14.7 Å². The number of hydrogen-bond acceptors (Lipinski definition) is 4. The number of ether oxygens (including phenoxy) is 1. The van der Waals surface area contributed by atoms with Crippen LogP contribution in [0, 0.1) is 0 Å². The van der Waals surface area contributed by atoms with Crippen molar-refractivity contribution >= 4 is 36.9 Å². The molecule has 0 N–H and O–H groups in total. The van der Waals surface area contributed by atoms with Crippen molar-refractivity contribution in [1.29, 1.82) is 0 Å². The number of carbonyl (C=O) groups excluding carboxylic acids is 1. The molecular weight excluding hydrogens is 363 g/mol. The second-order valence-corrected chi connectivity index (χ2v) is 4.92. The van der Waals surface area contributed by atoms with Gasteiger partial charge in [0.05, 0.1) is 19.8 Å². The zero-order chi connectivity index (χ0) is 16.1. The third-order valence-corrected chi connectivity index (χ3v) is 3.46. The van der Waals surface area contributed by atoms with Gasteiger partial charge in [0.2, 0.25) is 0 Å². The quantitative estimate of drug-likeness (QED) is 0.503. The van der Waals surface area contributed by atoms with Gasteiger partial charge in [0.15, 0.2) is 0 Å². The average molecular weight is 381 g/mol. The van der Waals surface area contributed by atoms with E-state index in [-0.39, 0.29) is 36.9 Å². The summed E-state index contributed by atoms with van der Waals surface area (Å²) >= 11 is 0. The van der Waals surface area contributed by atoms with Crippen LogP contribution in [0.3, 0.4) is 0 Å². The average Bonchev–Trinajstić information content (AvgIpc) is 3.28. The number of nitrogens with zero attached hydrogens (tertiary/aromatic N) is 4. The third-order valence-electron chi connectivity index (χ3n) is 3.46. The van der Waals surface area contributed by atoms with Gasteiger partial charge < -0.3 is 13.9 Å². The molecule has 0 aliphatic carbocycles. The first-order chi connectivity index (χ1) is 11.3. The summed E-state index contributed by atoms with van der Waals surface area (Å²) in [7, 11) is 1.36. The lowest BCUT2D eigenvalue weighted by atomic mass is 10.1. The Labute approximate surface area is 158 Å². The Hall–Kier alpha value is -2.57. The van der Waals surface area contributed by atoms with Crippen molar-refractivity contribution in [2.24, 2.45) is 0 Å². The predicted octanol–water partition coefficient (Wildman–Crippen LogP) is 3.20. The van der Waals surface area contributed by atoms with E-state index in [9.17, 15) is 4.79 Å². The number of halogens is 2. The van der Waals surface area contributed by atoms with Gasteiger partial charge in [0, 0.05) is 30.9 Å². The second-order valence-electron chi connectivity index (χ2n) is 4.92. The highest BCUT2D eigenvalue weighted by atomic mass is 35.5. The van der Waals surface area contributed by atoms with Crippen LogP contribution in [0.15, 0.2) is 67.8 Å². The topological polar surface area (TPSA) is 61.9 Å². The molecular formula is C17H18Cl2N4O2. The molecule has 0 aliphatic rings. The molecule has 0 radical (unpaired) electrons. The van der Waals surface area contributed by atoms with Crippen LogP contribution >= 0.6 is 24.8 Å². The summed E-state index contributed by atoms with van der Waals surface area (Å²) < 4.78 is 8.59. The van der Waals surface area contributed by atoms with E-state index in [0.29, 0.717) is 0 Å². The van der Waals surface area contributed by atoms with Crippen LogP contribution in [0.5, 0.6) is 0 Å². The fraction of sp³-hybridized carbons (Fsp3) is 0.118. The predicted molar refractivity (Wildman–Crippen MR) is 100.0 cm³/mol. The van der Waals surface area contributed by atoms with E-state index in [1.54, 1.807) is 31.1 Å². The minimum absolute atomic E-state index is 0. The molecule has 132 valence electrons. The molecule has 3 aromatic rings. The van der Waals surface area contributed by atoms with E-state index in [1.165, 1.54) is 13.2 Å². The van der Waals surface area contributed by atoms with Gasteiger partial charge in [0.1, 0.15) is 6.17 Å². The highest BCUT2D eigenvalue weighted by Gasteiger charge is 2.14. The molecule has 0 spiro atoms. The molecule has 1 aromatic carbocycles. The van der Waals surface area contributed by atoms with E-state index in [4.69, 9.17) is 0 Å². The fourth-order valence-electron chi connectivity index (χ4n) is 2.34. The van der Waals surface area contributed by atoms with Crippen molar-refractivity contribution in [3.8, 4) is 0 Å². The van der Waals surface area contributed by atoms with Crippen LogP contribution in [0.4, 0.5) is 0 Å². The smallest absolute Gasteiger partial charge is 0.330 e. The molecule has 0 unspecified atom stereocenters. The zero-order valence-corrected chi connectivity index (χ0v) is 15.1. The molecule has 6 nitrogen and oxygen atoms in total. The van der Waals surface area contributed by atoms with Crippen LogP contribution in [-0.2, 0) is 9.53 Å². The first-order valence-corrected chi connectivity index (χ1v) is 7.09. The summed E-state index contributed by atoms with van der Waals surface area (Å²) in [5, 5.41) is 0. The highest BCUT2D eigenvalue weighted by Crippen LogP contribution is 2.21. The lowest BCUT2D eigenvalue weighted by Crippen LogP contribution is -2.16. The molecule has 0 saturated carbocycles. The maximum atomic E-state index is 11.1. The van der Waals surface area contributed by atoms with Crippen molar-refractivity contribution in [2.45, 2.75) is 6.17 Å². The number of rotatable bonds is 5. The van der Waals surface area contributed by atoms with Crippen molar-refractivity contribution < 1.29 is 9.53 Å². The van der Waals surface area contributed by atoms with Gasteiger partial charge in [-0.1, -0.05) is 24.3 Å². The number of hydrogen-bond donors (Lipinski definition) is 0. The molecule has 3 rings (SSSR count). The second kappa shape index (κ2) is 9.66. The summed E-state index contributed by atoms with van der Waals surface area (Å²) in [4.78, 5) is 19.4. The lowest BCUT2D eigenvalue weighted by molar-refractivity contribution is -0.134. The molecule has 2 aromatic heterocycles. The SMILES string of the molecule is COC(=O)/C=C/c1ccc(C(n2ccnc2)n2ccnc2)cc1.Cl.Cl. The normalized spacial score (nSPS) is 10.3. The summed E-state index contributed by atoms with van der Waals surface area (Å²) in [6.07, 6.45) is 13.9. The Bertz CT molecular complexity index is 750. The Morgan fingerprint density at radius 2 is 1.60 bits per heavy atom. The summed E-state index contributed by atoms with van der Waals surface area (Å²) in [5.41, 5.74) is 2.00. The number of carbonyl (C=O) groups is 1. The van der Waals surface area contributed by atoms with Crippen LogP contribution < -0.4 is 0 Å². The van der Waals surface area contributed by atoms with Crippen LogP contribution in [-0.4, -0.2) is 32.2 Å². The molecule has 0 amide bonds. The molecule has 0 saturated heterocycles. The third kappa shape index (κ3) is 4.95.